The molecule has 1 aromatic heterocycles. The molecule has 9 heteroatoms. The van der Waals surface area contributed by atoms with Crippen molar-refractivity contribution < 1.29 is 13.9 Å². The fourth-order valence-electron chi connectivity index (χ4n) is 2.21. The molecule has 23 heavy (non-hydrogen) atoms. The average Bonchev–Trinajstić information content (AvgIpc) is 3.04. The van der Waals surface area contributed by atoms with E-state index in [1.807, 2.05) is 0 Å². The van der Waals surface area contributed by atoms with Gasteiger partial charge < -0.3 is 9.47 Å². The number of alkyl halides is 1. The second-order valence-electron chi connectivity index (χ2n) is 4.76. The maximum atomic E-state index is 13.0. The Morgan fingerprint density at radius 1 is 1.35 bits per heavy atom. The fraction of sp³-hybridized carbons (Fsp3) is 0.429. The van der Waals surface area contributed by atoms with E-state index in [9.17, 15) is 4.39 Å². The molecule has 2 rings (SSSR count). The Hall–Kier alpha value is -2.48. The van der Waals surface area contributed by atoms with Gasteiger partial charge in [-0.3, -0.25) is 4.39 Å². The molecule has 8 nitrogen and oxygen atoms in total. The molecule has 2 aromatic rings. The van der Waals surface area contributed by atoms with E-state index in [1.54, 1.807) is 42.3 Å². The number of hydrogen-bond donors (Lipinski definition) is 0. The highest BCUT2D eigenvalue weighted by atomic mass is 19.1. The molecule has 0 bridgehead atoms. The molecule has 0 aliphatic heterocycles. The molecule has 1 heterocycles. The van der Waals surface area contributed by atoms with Gasteiger partial charge in [-0.2, -0.15) is 0 Å². The Morgan fingerprint density at radius 3 is 2.65 bits per heavy atom. The van der Waals surface area contributed by atoms with Gasteiger partial charge in [0.05, 0.1) is 30.6 Å². The van der Waals surface area contributed by atoms with Crippen molar-refractivity contribution in [1.29, 1.82) is 0 Å². The Morgan fingerprint density at radius 2 is 2.09 bits per heavy atom. The predicted molar refractivity (Wildman–Crippen MR) is 80.7 cm³/mol. The summed E-state index contributed by atoms with van der Waals surface area (Å²) in [4.78, 5) is 2.66. The first-order valence-electron chi connectivity index (χ1n) is 6.87. The van der Waals surface area contributed by atoms with Crippen LogP contribution in [-0.2, 0) is 16.1 Å². The number of ether oxygens (including phenoxy) is 2. The molecule has 0 unspecified atom stereocenters. The van der Waals surface area contributed by atoms with Gasteiger partial charge in [0.15, 0.2) is 0 Å². The van der Waals surface area contributed by atoms with E-state index in [2.05, 4.69) is 20.3 Å². The second-order valence-corrected chi connectivity index (χ2v) is 4.76. The van der Waals surface area contributed by atoms with Gasteiger partial charge in [0.25, 0.3) is 0 Å². The number of nitrogens with zero attached hydrogens (tertiary/aromatic N) is 6. The normalized spacial score (nSPS) is 13.3. The van der Waals surface area contributed by atoms with Crippen LogP contribution in [0.4, 0.5) is 4.39 Å². The average molecular weight is 320 g/mol. The Labute approximate surface area is 132 Å². The van der Waals surface area contributed by atoms with Crippen molar-refractivity contribution in [1.82, 2.24) is 15.0 Å². The summed E-state index contributed by atoms with van der Waals surface area (Å²) < 4.78 is 24.9. The summed E-state index contributed by atoms with van der Waals surface area (Å²) >= 11 is 0. The second kappa shape index (κ2) is 8.23. The first-order valence-corrected chi connectivity index (χ1v) is 6.87. The van der Waals surface area contributed by atoms with E-state index in [0.717, 1.165) is 5.69 Å². The van der Waals surface area contributed by atoms with E-state index in [0.29, 0.717) is 17.9 Å². The van der Waals surface area contributed by atoms with Crippen LogP contribution >= 0.6 is 0 Å². The van der Waals surface area contributed by atoms with E-state index in [4.69, 9.17) is 15.0 Å². The summed E-state index contributed by atoms with van der Waals surface area (Å²) in [7, 11) is 3.03. The Kier molecular flexibility index (Phi) is 6.04. The maximum absolute atomic E-state index is 13.0. The third kappa shape index (κ3) is 4.04. The summed E-state index contributed by atoms with van der Waals surface area (Å²) in [5.74, 6) is 0. The Bertz CT molecular complexity index is 668. The molecule has 0 aliphatic carbocycles. The van der Waals surface area contributed by atoms with Gasteiger partial charge >= 0.3 is 0 Å². The zero-order valence-electron chi connectivity index (χ0n) is 12.8. The van der Waals surface area contributed by atoms with Crippen LogP contribution in [0.5, 0.6) is 0 Å². The van der Waals surface area contributed by atoms with Crippen LogP contribution in [0.2, 0.25) is 0 Å². The van der Waals surface area contributed by atoms with Crippen molar-refractivity contribution in [2.45, 2.75) is 18.8 Å². The number of methoxy groups -OCH3 is 2. The van der Waals surface area contributed by atoms with Gasteiger partial charge in [-0.05, 0) is 23.2 Å². The van der Waals surface area contributed by atoms with E-state index < -0.39 is 18.8 Å². The van der Waals surface area contributed by atoms with Crippen molar-refractivity contribution in [2.75, 3.05) is 20.9 Å². The van der Waals surface area contributed by atoms with Gasteiger partial charge in [-0.25, -0.2) is 4.68 Å². The minimum atomic E-state index is -0.907. The van der Waals surface area contributed by atoms with Crippen LogP contribution in [0.15, 0.2) is 35.6 Å². The van der Waals surface area contributed by atoms with Crippen molar-refractivity contribution in [3.05, 3.63) is 52.2 Å². The zero-order valence-corrected chi connectivity index (χ0v) is 12.8. The standard InChI is InChI=1S/C14H17FN6O2/c1-22-9-11-8-21(20-17-11)12-5-3-10(4-6-12)14(23-2)13(7-15)18-19-16/h3-6,8,13-14H,7,9H2,1-2H3/t13-,14-/m1/s1. The maximum Gasteiger partial charge on any atom is 0.109 e. The van der Waals surface area contributed by atoms with Crippen LogP contribution in [0, 0.1) is 0 Å². The van der Waals surface area contributed by atoms with Crippen molar-refractivity contribution in [3.63, 3.8) is 0 Å². The molecule has 122 valence electrons. The molecular weight excluding hydrogens is 303 g/mol. The molecule has 2 atom stereocenters. The van der Waals surface area contributed by atoms with Gasteiger partial charge in [-0.15, -0.1) is 5.10 Å². The summed E-state index contributed by atoms with van der Waals surface area (Å²) in [5, 5.41) is 11.4. The van der Waals surface area contributed by atoms with E-state index in [-0.39, 0.29) is 0 Å². The SMILES string of the molecule is COCc1cn(-c2ccc([C@@H](OC)[C@@H](CF)N=[N+]=[N-])cc2)nn1. The molecule has 0 radical (unpaired) electrons. The van der Waals surface area contributed by atoms with Gasteiger partial charge in [-0.1, -0.05) is 22.5 Å². The summed E-state index contributed by atoms with van der Waals surface area (Å²) in [6, 6.07) is 6.25. The number of hydrogen-bond acceptors (Lipinski definition) is 5. The van der Waals surface area contributed by atoms with Crippen molar-refractivity contribution >= 4 is 0 Å². The zero-order chi connectivity index (χ0) is 16.7. The number of benzene rings is 1. The lowest BCUT2D eigenvalue weighted by Crippen LogP contribution is -2.20. The monoisotopic (exact) mass is 320 g/mol. The van der Waals surface area contributed by atoms with Crippen molar-refractivity contribution in [3.8, 4) is 5.69 Å². The third-order valence-corrected chi connectivity index (χ3v) is 3.28. The number of halogens is 1. The highest BCUT2D eigenvalue weighted by Gasteiger charge is 2.22. The summed E-state index contributed by atoms with van der Waals surface area (Å²) in [6.45, 7) is -0.415. The van der Waals surface area contributed by atoms with Crippen LogP contribution in [0.1, 0.15) is 17.4 Å². The smallest absolute Gasteiger partial charge is 0.109 e. The van der Waals surface area contributed by atoms with Crippen molar-refractivity contribution in [2.24, 2.45) is 5.11 Å². The lowest BCUT2D eigenvalue weighted by atomic mass is 10.0. The van der Waals surface area contributed by atoms with Gasteiger partial charge in [0, 0.05) is 19.1 Å². The molecule has 0 saturated carbocycles. The largest absolute Gasteiger partial charge is 0.378 e. The molecule has 1 aromatic carbocycles. The molecule has 0 N–H and O–H groups in total. The topological polar surface area (TPSA) is 97.9 Å². The number of azide groups is 1. The molecule has 0 amide bonds. The number of rotatable bonds is 8. The summed E-state index contributed by atoms with van der Waals surface area (Å²) in [5.41, 5.74) is 10.7. The minimum Gasteiger partial charge on any atom is -0.378 e. The van der Waals surface area contributed by atoms with E-state index in [1.165, 1.54) is 7.11 Å². The van der Waals surface area contributed by atoms with E-state index >= 15 is 0 Å². The molecule has 0 spiro atoms. The van der Waals surface area contributed by atoms with Crippen LogP contribution in [0.25, 0.3) is 16.1 Å². The molecular formula is C14H17FN6O2. The fourth-order valence-corrected chi connectivity index (χ4v) is 2.21. The van der Waals surface area contributed by atoms with Crippen LogP contribution < -0.4 is 0 Å². The van der Waals surface area contributed by atoms with Crippen LogP contribution in [-0.4, -0.2) is 41.9 Å². The first kappa shape index (κ1) is 16.9. The first-order chi connectivity index (χ1) is 11.2. The Balaban J connectivity index is 2.21. The molecule has 0 aliphatic rings. The van der Waals surface area contributed by atoms with Gasteiger partial charge in [0.2, 0.25) is 0 Å². The highest BCUT2D eigenvalue weighted by Crippen LogP contribution is 2.24. The lowest BCUT2D eigenvalue weighted by Gasteiger charge is -2.20. The lowest BCUT2D eigenvalue weighted by molar-refractivity contribution is 0.0722. The number of aromatic nitrogens is 3. The third-order valence-electron chi connectivity index (χ3n) is 3.28. The highest BCUT2D eigenvalue weighted by molar-refractivity contribution is 5.35. The van der Waals surface area contributed by atoms with Gasteiger partial charge in [0.1, 0.15) is 12.4 Å². The quantitative estimate of drug-likeness (QED) is 0.424. The molecule has 0 fully saturated rings. The van der Waals surface area contributed by atoms with Crippen LogP contribution in [0.3, 0.4) is 0 Å². The predicted octanol–water partition coefficient (Wildman–Crippen LogP) is 2.75. The summed E-state index contributed by atoms with van der Waals surface area (Å²) in [6.07, 6.45) is 1.11. The molecule has 0 saturated heterocycles. The minimum absolute atomic E-state index is 0.383.